The van der Waals surface area contributed by atoms with Gasteiger partial charge in [0.1, 0.15) is 0 Å². The monoisotopic (exact) mass is 228 g/mol. The van der Waals surface area contributed by atoms with Crippen molar-refractivity contribution in [2.75, 3.05) is 5.33 Å². The summed E-state index contributed by atoms with van der Waals surface area (Å²) in [5, 5.41) is 1.27. The molecule has 0 nitrogen and oxygen atoms in total. The molecule has 0 amide bonds. The van der Waals surface area contributed by atoms with Crippen LogP contribution in [0.3, 0.4) is 0 Å². The number of fused-ring (bicyclic) bond motifs is 2. The normalized spacial score (nSPS) is 56.2. The summed E-state index contributed by atoms with van der Waals surface area (Å²) in [6.07, 6.45) is 9.39. The Morgan fingerprint density at radius 3 is 2.25 bits per heavy atom. The summed E-state index contributed by atoms with van der Waals surface area (Å²) in [5.74, 6) is 3.31. The summed E-state index contributed by atoms with van der Waals surface area (Å²) in [4.78, 5) is 0. The lowest BCUT2D eigenvalue weighted by Gasteiger charge is -2.44. The Kier molecular flexibility index (Phi) is 1.63. The number of hydrogen-bond donors (Lipinski definition) is 0. The van der Waals surface area contributed by atoms with Gasteiger partial charge in [0.25, 0.3) is 0 Å². The van der Waals surface area contributed by atoms with Crippen LogP contribution in [-0.4, -0.2) is 5.33 Å². The van der Waals surface area contributed by atoms with E-state index in [1.807, 2.05) is 0 Å². The summed E-state index contributed by atoms with van der Waals surface area (Å²) < 4.78 is 0. The zero-order chi connectivity index (χ0) is 8.18. The first-order chi connectivity index (χ1) is 5.85. The third kappa shape index (κ3) is 0.893. The van der Waals surface area contributed by atoms with Crippen LogP contribution in [0.5, 0.6) is 0 Å². The van der Waals surface area contributed by atoms with Crippen molar-refractivity contribution < 1.29 is 0 Å². The van der Waals surface area contributed by atoms with Gasteiger partial charge in [0, 0.05) is 5.33 Å². The molecule has 68 valence electrons. The van der Waals surface area contributed by atoms with E-state index >= 15 is 0 Å². The molecular formula is C11H17Br. The number of hydrogen-bond acceptors (Lipinski definition) is 0. The molecular weight excluding hydrogens is 212 g/mol. The molecule has 12 heavy (non-hydrogen) atoms. The molecule has 2 unspecified atom stereocenters. The van der Waals surface area contributed by atoms with Gasteiger partial charge in [-0.3, -0.25) is 0 Å². The second-order valence-electron chi connectivity index (χ2n) is 5.21. The zero-order valence-corrected chi connectivity index (χ0v) is 9.15. The predicted octanol–water partition coefficient (Wildman–Crippen LogP) is 3.60. The maximum atomic E-state index is 3.66. The molecule has 0 aromatic carbocycles. The van der Waals surface area contributed by atoms with Gasteiger partial charge in [0.05, 0.1) is 0 Å². The minimum atomic E-state index is 0.866. The maximum absolute atomic E-state index is 3.66. The summed E-state index contributed by atoms with van der Waals surface area (Å²) >= 11 is 3.66. The van der Waals surface area contributed by atoms with E-state index in [9.17, 15) is 0 Å². The van der Waals surface area contributed by atoms with E-state index in [0.717, 1.165) is 23.2 Å². The minimum absolute atomic E-state index is 0.866. The second kappa shape index (κ2) is 2.50. The lowest BCUT2D eigenvalue weighted by Crippen LogP contribution is -2.34. The van der Waals surface area contributed by atoms with E-state index in [4.69, 9.17) is 0 Å². The van der Waals surface area contributed by atoms with Gasteiger partial charge in [-0.1, -0.05) is 28.8 Å². The van der Waals surface area contributed by atoms with Crippen molar-refractivity contribution in [3.05, 3.63) is 0 Å². The standard InChI is InChI=1S/C11H17Br/c12-7-10-6-11(10)5-8-1-3-9(11)4-2-8/h8-10H,1-7H2. The van der Waals surface area contributed by atoms with Crippen LogP contribution < -0.4 is 0 Å². The highest BCUT2D eigenvalue weighted by atomic mass is 79.9. The lowest BCUT2D eigenvalue weighted by atomic mass is 9.62. The highest BCUT2D eigenvalue weighted by molar-refractivity contribution is 9.09. The minimum Gasteiger partial charge on any atom is -0.0925 e. The van der Waals surface area contributed by atoms with Crippen LogP contribution in [0.25, 0.3) is 0 Å². The molecule has 4 rings (SSSR count). The Morgan fingerprint density at radius 2 is 1.83 bits per heavy atom. The lowest BCUT2D eigenvalue weighted by molar-refractivity contribution is 0.0710. The zero-order valence-electron chi connectivity index (χ0n) is 7.56. The molecule has 0 aromatic heterocycles. The third-order valence-corrected chi connectivity index (χ3v) is 5.58. The number of alkyl halides is 1. The molecule has 0 heterocycles. The molecule has 4 fully saturated rings. The molecule has 4 saturated carbocycles. The highest BCUT2D eigenvalue weighted by Crippen LogP contribution is 2.69. The van der Waals surface area contributed by atoms with Crippen LogP contribution in [-0.2, 0) is 0 Å². The number of rotatable bonds is 1. The average Bonchev–Trinajstić information content (AvgIpc) is 2.81. The van der Waals surface area contributed by atoms with Gasteiger partial charge < -0.3 is 0 Å². The molecule has 4 aliphatic carbocycles. The molecule has 0 saturated heterocycles. The first-order valence-electron chi connectivity index (χ1n) is 5.41. The van der Waals surface area contributed by atoms with Crippen LogP contribution in [0.4, 0.5) is 0 Å². The molecule has 1 heteroatoms. The van der Waals surface area contributed by atoms with Crippen molar-refractivity contribution in [1.29, 1.82) is 0 Å². The van der Waals surface area contributed by atoms with E-state index in [-0.39, 0.29) is 0 Å². The van der Waals surface area contributed by atoms with E-state index in [1.54, 1.807) is 38.5 Å². The first-order valence-corrected chi connectivity index (χ1v) is 6.53. The fraction of sp³-hybridized carbons (Fsp3) is 1.00. The molecule has 2 bridgehead atoms. The Morgan fingerprint density at radius 1 is 1.08 bits per heavy atom. The molecule has 1 spiro atoms. The Labute approximate surface area is 83.2 Å². The Balaban J connectivity index is 1.81. The van der Waals surface area contributed by atoms with Crippen molar-refractivity contribution in [1.82, 2.24) is 0 Å². The van der Waals surface area contributed by atoms with Crippen molar-refractivity contribution in [2.45, 2.75) is 38.5 Å². The average molecular weight is 229 g/mol. The molecule has 0 N–H and O–H groups in total. The maximum Gasteiger partial charge on any atom is 0.00652 e. The predicted molar refractivity (Wildman–Crippen MR) is 54.4 cm³/mol. The van der Waals surface area contributed by atoms with Gasteiger partial charge in [-0.2, -0.15) is 0 Å². The third-order valence-electron chi connectivity index (χ3n) is 4.79. The van der Waals surface area contributed by atoms with E-state index in [0.29, 0.717) is 0 Å². The largest absolute Gasteiger partial charge is 0.0925 e. The summed E-state index contributed by atoms with van der Waals surface area (Å²) in [7, 11) is 0. The van der Waals surface area contributed by atoms with Crippen molar-refractivity contribution >= 4 is 15.9 Å². The second-order valence-corrected chi connectivity index (χ2v) is 5.86. The Bertz CT molecular complexity index is 193. The number of halogens is 1. The van der Waals surface area contributed by atoms with Crippen LogP contribution >= 0.6 is 15.9 Å². The van der Waals surface area contributed by atoms with Crippen molar-refractivity contribution in [3.63, 3.8) is 0 Å². The van der Waals surface area contributed by atoms with Gasteiger partial charge >= 0.3 is 0 Å². The highest BCUT2D eigenvalue weighted by Gasteiger charge is 2.61. The molecule has 0 aromatic rings. The van der Waals surface area contributed by atoms with Gasteiger partial charge in [-0.25, -0.2) is 0 Å². The topological polar surface area (TPSA) is 0 Å². The molecule has 0 aliphatic heterocycles. The summed E-state index contributed by atoms with van der Waals surface area (Å²) in [6, 6.07) is 0. The van der Waals surface area contributed by atoms with Crippen LogP contribution in [0, 0.1) is 23.2 Å². The van der Waals surface area contributed by atoms with E-state index in [2.05, 4.69) is 15.9 Å². The summed E-state index contributed by atoms with van der Waals surface area (Å²) in [6.45, 7) is 0. The summed E-state index contributed by atoms with van der Waals surface area (Å²) in [5.41, 5.74) is 0.866. The SMILES string of the molecule is BrCC1CC12CC1CCC2CC1. The first kappa shape index (κ1) is 7.84. The molecule has 4 aliphatic rings. The fourth-order valence-corrected chi connectivity index (χ4v) is 4.88. The van der Waals surface area contributed by atoms with Gasteiger partial charge in [-0.15, -0.1) is 0 Å². The van der Waals surface area contributed by atoms with Crippen LogP contribution in [0.15, 0.2) is 0 Å². The quantitative estimate of drug-likeness (QED) is 0.602. The Hall–Kier alpha value is 0.480. The van der Waals surface area contributed by atoms with Gasteiger partial charge in [-0.05, 0) is 48.9 Å². The van der Waals surface area contributed by atoms with Crippen LogP contribution in [0.2, 0.25) is 0 Å². The fourth-order valence-electron chi connectivity index (χ4n) is 4.00. The van der Waals surface area contributed by atoms with Crippen LogP contribution in [0.1, 0.15) is 38.5 Å². The van der Waals surface area contributed by atoms with Crippen molar-refractivity contribution in [3.8, 4) is 0 Å². The van der Waals surface area contributed by atoms with Gasteiger partial charge in [0.15, 0.2) is 0 Å². The molecule has 2 atom stereocenters. The van der Waals surface area contributed by atoms with Crippen molar-refractivity contribution in [2.24, 2.45) is 23.2 Å². The van der Waals surface area contributed by atoms with Gasteiger partial charge in [0.2, 0.25) is 0 Å². The van der Waals surface area contributed by atoms with E-state index < -0.39 is 0 Å². The molecule has 0 radical (unpaired) electrons. The van der Waals surface area contributed by atoms with E-state index in [1.165, 1.54) is 5.33 Å². The smallest absolute Gasteiger partial charge is 0.00652 e.